The fourth-order valence-electron chi connectivity index (χ4n) is 2.61. The molecule has 0 spiro atoms. The van der Waals surface area contributed by atoms with Crippen molar-refractivity contribution >= 4 is 16.9 Å². The van der Waals surface area contributed by atoms with E-state index in [2.05, 4.69) is 5.32 Å². The number of aliphatic hydroxyl groups is 1. The Morgan fingerprint density at radius 1 is 1.50 bits per heavy atom. The number of nitrogens with one attached hydrogen (secondary N) is 1. The summed E-state index contributed by atoms with van der Waals surface area (Å²) in [5.41, 5.74) is 0.764. The molecule has 1 heterocycles. The van der Waals surface area contributed by atoms with E-state index in [9.17, 15) is 14.3 Å². The van der Waals surface area contributed by atoms with E-state index in [0.717, 1.165) is 0 Å². The van der Waals surface area contributed by atoms with Gasteiger partial charge in [-0.05, 0) is 31.7 Å². The highest BCUT2D eigenvalue weighted by Gasteiger charge is 2.28. The third-order valence-electron chi connectivity index (χ3n) is 3.88. The highest BCUT2D eigenvalue weighted by atomic mass is 19.1. The number of rotatable bonds is 3. The number of hydrogen-bond donors (Lipinski definition) is 2. The molecule has 1 fully saturated rings. The number of amides is 1. The quantitative estimate of drug-likeness (QED) is 0.905. The van der Waals surface area contributed by atoms with E-state index >= 15 is 0 Å². The van der Waals surface area contributed by atoms with Crippen molar-refractivity contribution in [2.45, 2.75) is 25.9 Å². The van der Waals surface area contributed by atoms with Crippen LogP contribution in [0.4, 0.5) is 4.39 Å². The molecule has 0 unspecified atom stereocenters. The Kier molecular flexibility index (Phi) is 3.22. The van der Waals surface area contributed by atoms with Crippen molar-refractivity contribution in [3.8, 4) is 0 Å². The van der Waals surface area contributed by atoms with Crippen LogP contribution in [0.2, 0.25) is 0 Å². The Morgan fingerprint density at radius 2 is 2.25 bits per heavy atom. The highest BCUT2D eigenvalue weighted by molar-refractivity contribution is 5.98. The molecular weight excluding hydrogens is 261 g/mol. The van der Waals surface area contributed by atoms with Gasteiger partial charge in [-0.3, -0.25) is 4.79 Å². The van der Waals surface area contributed by atoms with Gasteiger partial charge in [0.25, 0.3) is 5.91 Å². The second-order valence-electron chi connectivity index (χ2n) is 5.37. The number of aliphatic hydroxyl groups excluding tert-OH is 1. The van der Waals surface area contributed by atoms with E-state index in [1.165, 1.54) is 6.07 Å². The summed E-state index contributed by atoms with van der Waals surface area (Å²) in [7, 11) is 0. The highest BCUT2D eigenvalue weighted by Crippen LogP contribution is 2.28. The molecule has 106 valence electrons. The summed E-state index contributed by atoms with van der Waals surface area (Å²) in [4.78, 5) is 12.1. The standard InChI is InChI=1S/C15H16FNO3/c1-8-11-3-2-4-12(16)14(11)20-13(8)15(19)17-7-9-5-10(18)6-9/h2-4,9-10,18H,5-7H2,1H3,(H,17,19). The molecule has 0 aliphatic heterocycles. The van der Waals surface area contributed by atoms with Crippen LogP contribution in [0.15, 0.2) is 22.6 Å². The smallest absolute Gasteiger partial charge is 0.287 e. The van der Waals surface area contributed by atoms with E-state index in [1.54, 1.807) is 19.1 Å². The number of benzene rings is 1. The van der Waals surface area contributed by atoms with E-state index in [-0.39, 0.29) is 23.4 Å². The normalized spacial score (nSPS) is 21.8. The Morgan fingerprint density at radius 3 is 2.90 bits per heavy atom. The van der Waals surface area contributed by atoms with Gasteiger partial charge in [-0.2, -0.15) is 0 Å². The van der Waals surface area contributed by atoms with Gasteiger partial charge in [-0.15, -0.1) is 0 Å². The lowest BCUT2D eigenvalue weighted by molar-refractivity contribution is 0.0418. The largest absolute Gasteiger partial charge is 0.448 e. The van der Waals surface area contributed by atoms with Gasteiger partial charge in [0.1, 0.15) is 0 Å². The van der Waals surface area contributed by atoms with Gasteiger partial charge < -0.3 is 14.8 Å². The first-order valence-electron chi connectivity index (χ1n) is 6.70. The van der Waals surface area contributed by atoms with Crippen molar-refractivity contribution in [3.05, 3.63) is 35.3 Å². The van der Waals surface area contributed by atoms with Crippen molar-refractivity contribution in [2.24, 2.45) is 5.92 Å². The van der Waals surface area contributed by atoms with Crippen molar-refractivity contribution in [1.82, 2.24) is 5.32 Å². The maximum absolute atomic E-state index is 13.6. The molecule has 5 heteroatoms. The van der Waals surface area contributed by atoms with E-state index in [1.807, 2.05) is 0 Å². The van der Waals surface area contributed by atoms with Gasteiger partial charge in [-0.1, -0.05) is 12.1 Å². The average Bonchev–Trinajstić information content (AvgIpc) is 2.72. The van der Waals surface area contributed by atoms with Crippen LogP contribution < -0.4 is 5.32 Å². The molecule has 2 aromatic rings. The number of halogens is 1. The van der Waals surface area contributed by atoms with Crippen LogP contribution in [0.5, 0.6) is 0 Å². The summed E-state index contributed by atoms with van der Waals surface area (Å²) in [6.07, 6.45) is 1.20. The molecule has 1 saturated carbocycles. The van der Waals surface area contributed by atoms with E-state index in [4.69, 9.17) is 4.42 Å². The predicted octanol–water partition coefficient (Wildman–Crippen LogP) is 2.38. The van der Waals surface area contributed by atoms with Crippen molar-refractivity contribution < 1.29 is 18.7 Å². The summed E-state index contributed by atoms with van der Waals surface area (Å²) in [5, 5.41) is 12.6. The minimum atomic E-state index is -0.466. The molecule has 1 aliphatic rings. The first kappa shape index (κ1) is 13.1. The summed E-state index contributed by atoms with van der Waals surface area (Å²) in [6.45, 7) is 2.25. The number of aryl methyl sites for hydroxylation is 1. The molecule has 0 radical (unpaired) electrons. The molecule has 1 aromatic carbocycles. The molecule has 1 aliphatic carbocycles. The fraction of sp³-hybridized carbons (Fsp3) is 0.400. The van der Waals surface area contributed by atoms with Gasteiger partial charge in [0.2, 0.25) is 0 Å². The van der Waals surface area contributed by atoms with Crippen LogP contribution in [-0.4, -0.2) is 23.7 Å². The van der Waals surface area contributed by atoms with Gasteiger partial charge in [0.15, 0.2) is 17.2 Å². The van der Waals surface area contributed by atoms with Crippen molar-refractivity contribution in [2.75, 3.05) is 6.54 Å². The zero-order valence-corrected chi connectivity index (χ0v) is 11.1. The lowest BCUT2D eigenvalue weighted by Gasteiger charge is -2.31. The number of fused-ring (bicyclic) bond motifs is 1. The number of furan rings is 1. The summed E-state index contributed by atoms with van der Waals surface area (Å²) in [5.74, 6) is -0.327. The summed E-state index contributed by atoms with van der Waals surface area (Å²) in [6, 6.07) is 4.64. The first-order valence-corrected chi connectivity index (χ1v) is 6.70. The van der Waals surface area contributed by atoms with Crippen LogP contribution in [0.25, 0.3) is 11.0 Å². The minimum absolute atomic E-state index is 0.120. The molecule has 2 N–H and O–H groups in total. The van der Waals surface area contributed by atoms with Crippen LogP contribution in [-0.2, 0) is 0 Å². The van der Waals surface area contributed by atoms with Gasteiger partial charge in [0, 0.05) is 17.5 Å². The van der Waals surface area contributed by atoms with E-state index < -0.39 is 5.82 Å². The number of hydrogen-bond acceptors (Lipinski definition) is 3. The fourth-order valence-corrected chi connectivity index (χ4v) is 2.61. The predicted molar refractivity (Wildman–Crippen MR) is 72.0 cm³/mol. The second-order valence-corrected chi connectivity index (χ2v) is 5.37. The van der Waals surface area contributed by atoms with Gasteiger partial charge in [0.05, 0.1) is 6.10 Å². The molecule has 3 rings (SSSR count). The molecule has 0 atom stereocenters. The lowest BCUT2D eigenvalue weighted by Crippen LogP contribution is -2.38. The molecular formula is C15H16FNO3. The molecule has 4 nitrogen and oxygen atoms in total. The molecule has 0 bridgehead atoms. The molecule has 1 amide bonds. The third kappa shape index (κ3) is 2.18. The van der Waals surface area contributed by atoms with Crippen molar-refractivity contribution in [3.63, 3.8) is 0 Å². The zero-order chi connectivity index (χ0) is 14.3. The van der Waals surface area contributed by atoms with E-state index in [0.29, 0.717) is 36.3 Å². The number of para-hydroxylation sites is 1. The zero-order valence-electron chi connectivity index (χ0n) is 11.1. The number of carbonyl (C=O) groups excluding carboxylic acids is 1. The summed E-state index contributed by atoms with van der Waals surface area (Å²) < 4.78 is 19.0. The lowest BCUT2D eigenvalue weighted by atomic mass is 9.82. The first-order chi connectivity index (χ1) is 9.56. The Bertz CT molecular complexity index is 658. The molecule has 0 saturated heterocycles. The average molecular weight is 277 g/mol. The Hall–Kier alpha value is -1.88. The molecule has 1 aromatic heterocycles. The van der Waals surface area contributed by atoms with Crippen LogP contribution in [0.1, 0.15) is 29.0 Å². The third-order valence-corrected chi connectivity index (χ3v) is 3.88. The number of carbonyl (C=O) groups is 1. The molecule has 20 heavy (non-hydrogen) atoms. The maximum atomic E-state index is 13.6. The topological polar surface area (TPSA) is 62.5 Å². The van der Waals surface area contributed by atoms with Crippen LogP contribution in [0, 0.1) is 18.7 Å². The minimum Gasteiger partial charge on any atom is -0.448 e. The monoisotopic (exact) mass is 277 g/mol. The maximum Gasteiger partial charge on any atom is 0.287 e. The SMILES string of the molecule is Cc1c(C(=O)NCC2CC(O)C2)oc2c(F)cccc12. The Balaban J connectivity index is 1.77. The van der Waals surface area contributed by atoms with Crippen LogP contribution in [0.3, 0.4) is 0 Å². The van der Waals surface area contributed by atoms with Crippen LogP contribution >= 0.6 is 0 Å². The van der Waals surface area contributed by atoms with Gasteiger partial charge in [-0.25, -0.2) is 4.39 Å². The van der Waals surface area contributed by atoms with Crippen molar-refractivity contribution in [1.29, 1.82) is 0 Å². The summed E-state index contributed by atoms with van der Waals surface area (Å²) >= 11 is 0. The Labute approximate surface area is 115 Å². The van der Waals surface area contributed by atoms with Gasteiger partial charge >= 0.3 is 0 Å². The second kappa shape index (κ2) is 4.90.